The van der Waals surface area contributed by atoms with E-state index < -0.39 is 25.5 Å². The maximum atomic E-state index is 12.6. The zero-order valence-electron chi connectivity index (χ0n) is 16.2. The van der Waals surface area contributed by atoms with Crippen LogP contribution in [-0.4, -0.2) is 36.2 Å². The van der Waals surface area contributed by atoms with Crippen molar-refractivity contribution in [2.45, 2.75) is 51.7 Å². The number of carbonyl (C=O) groups is 2. The molecule has 1 amide bonds. The lowest BCUT2D eigenvalue weighted by Crippen LogP contribution is -2.40. The summed E-state index contributed by atoms with van der Waals surface area (Å²) < 4.78 is 23.1. The Hall–Kier alpha value is -2.20. The van der Waals surface area contributed by atoms with E-state index in [9.17, 15) is 19.3 Å². The normalized spacial score (nSPS) is 12.2. The number of carboxylic acids is 1. The number of amides is 1. The molecule has 0 aliphatic heterocycles. The Morgan fingerprint density at radius 2 is 1.79 bits per heavy atom. The molecule has 28 heavy (non-hydrogen) atoms. The van der Waals surface area contributed by atoms with E-state index >= 15 is 0 Å². The lowest BCUT2D eigenvalue weighted by atomic mass is 10.1. The lowest BCUT2D eigenvalue weighted by Gasteiger charge is -2.17. The van der Waals surface area contributed by atoms with E-state index in [0.29, 0.717) is 30.4 Å². The van der Waals surface area contributed by atoms with Crippen LogP contribution < -0.4 is 5.32 Å². The van der Waals surface area contributed by atoms with Gasteiger partial charge in [0, 0.05) is 12.0 Å². The van der Waals surface area contributed by atoms with Gasteiger partial charge in [-0.25, -0.2) is 4.79 Å². The second-order valence-corrected chi connectivity index (χ2v) is 8.12. The number of nitrogens with one attached hydrogen (secondary N) is 1. The highest BCUT2D eigenvalue weighted by Gasteiger charge is 2.24. The Balaban J connectivity index is 2.72. The minimum absolute atomic E-state index is 0.0905. The van der Waals surface area contributed by atoms with E-state index in [4.69, 9.17) is 14.3 Å². The van der Waals surface area contributed by atoms with Crippen molar-refractivity contribution in [2.24, 2.45) is 0 Å². The molecular weight excluding hydrogens is 383 g/mol. The van der Waals surface area contributed by atoms with Gasteiger partial charge in [0.15, 0.2) is 0 Å². The number of nitriles is 1. The topological polar surface area (TPSA) is 126 Å². The first-order valence-corrected chi connectivity index (χ1v) is 11.0. The van der Waals surface area contributed by atoms with Gasteiger partial charge in [-0.15, -0.1) is 0 Å². The Morgan fingerprint density at radius 3 is 2.29 bits per heavy atom. The van der Waals surface area contributed by atoms with Crippen LogP contribution in [0, 0.1) is 11.3 Å². The molecule has 0 aliphatic rings. The number of hydrogen-bond donors (Lipinski definition) is 2. The summed E-state index contributed by atoms with van der Waals surface area (Å²) in [6.07, 6.45) is 1.83. The minimum Gasteiger partial charge on any atom is -0.480 e. The predicted molar refractivity (Wildman–Crippen MR) is 104 cm³/mol. The van der Waals surface area contributed by atoms with Gasteiger partial charge in [-0.2, -0.15) is 5.26 Å². The molecule has 154 valence electrons. The number of benzene rings is 1. The third-order valence-corrected chi connectivity index (χ3v) is 5.93. The molecular formula is C19H27N2O6P. The van der Waals surface area contributed by atoms with Crippen LogP contribution in [0.25, 0.3) is 0 Å². The van der Waals surface area contributed by atoms with Crippen molar-refractivity contribution >= 4 is 19.5 Å². The molecule has 0 aliphatic carbocycles. The zero-order valence-corrected chi connectivity index (χ0v) is 17.1. The minimum atomic E-state index is -3.24. The van der Waals surface area contributed by atoms with E-state index in [1.165, 1.54) is 0 Å². The van der Waals surface area contributed by atoms with Crippen LogP contribution >= 0.6 is 7.60 Å². The van der Waals surface area contributed by atoms with Crippen LogP contribution in [0.15, 0.2) is 24.3 Å². The largest absolute Gasteiger partial charge is 0.480 e. The average molecular weight is 410 g/mol. The van der Waals surface area contributed by atoms with Crippen molar-refractivity contribution in [1.82, 2.24) is 5.32 Å². The van der Waals surface area contributed by atoms with Crippen molar-refractivity contribution < 1.29 is 28.3 Å². The van der Waals surface area contributed by atoms with Gasteiger partial charge in [0.25, 0.3) is 5.91 Å². The summed E-state index contributed by atoms with van der Waals surface area (Å²) in [7, 11) is -3.24. The van der Waals surface area contributed by atoms with Crippen molar-refractivity contribution in [2.75, 3.05) is 13.2 Å². The molecule has 1 aromatic rings. The van der Waals surface area contributed by atoms with Crippen LogP contribution in [0.1, 0.15) is 55.5 Å². The lowest BCUT2D eigenvalue weighted by molar-refractivity contribution is -0.139. The summed E-state index contributed by atoms with van der Waals surface area (Å²) in [5, 5.41) is 20.3. The molecule has 0 radical (unpaired) electrons. The second kappa shape index (κ2) is 12.3. The molecule has 0 saturated heterocycles. The Labute approximate surface area is 165 Å². The van der Waals surface area contributed by atoms with Crippen molar-refractivity contribution in [3.8, 4) is 6.07 Å². The van der Waals surface area contributed by atoms with Gasteiger partial charge in [0.05, 0.1) is 25.4 Å². The predicted octanol–water partition coefficient (Wildman–Crippen LogP) is 3.72. The third kappa shape index (κ3) is 8.22. The van der Waals surface area contributed by atoms with Crippen LogP contribution in [-0.2, 0) is 24.6 Å². The molecule has 0 unspecified atom stereocenters. The molecule has 0 fully saturated rings. The first kappa shape index (κ1) is 23.8. The number of carboxylic acid groups (broad SMARTS) is 1. The van der Waals surface area contributed by atoms with Crippen molar-refractivity contribution in [3.63, 3.8) is 0 Å². The molecule has 1 rings (SSSR count). The highest BCUT2D eigenvalue weighted by atomic mass is 31.2. The first-order chi connectivity index (χ1) is 13.3. The number of hydrogen-bond acceptors (Lipinski definition) is 6. The highest BCUT2D eigenvalue weighted by Crippen LogP contribution is 2.51. The number of rotatable bonds is 13. The highest BCUT2D eigenvalue weighted by molar-refractivity contribution is 7.53. The summed E-state index contributed by atoms with van der Waals surface area (Å²) in [5.74, 6) is -1.62. The standard InChI is InChI=1S/C19H27N2O6P/c1-3-26-28(25,27-4-2)14-15-9-11-16(12-10-15)18(22)21-17(19(23)24)8-6-5-7-13-20/h9-12,17H,3-8,14H2,1-2H3,(H,21,22)(H,23,24)/t17-/m1/s1. The Morgan fingerprint density at radius 1 is 1.18 bits per heavy atom. The summed E-state index contributed by atoms with van der Waals surface area (Å²) in [6, 6.07) is 7.36. The molecule has 0 bridgehead atoms. The zero-order chi connectivity index (χ0) is 21.0. The smallest absolute Gasteiger partial charge is 0.335 e. The molecule has 1 atom stereocenters. The maximum Gasteiger partial charge on any atom is 0.335 e. The van der Waals surface area contributed by atoms with Gasteiger partial charge in [-0.3, -0.25) is 9.36 Å². The fourth-order valence-corrected chi connectivity index (χ4v) is 4.26. The van der Waals surface area contributed by atoms with Crippen LogP contribution in [0.3, 0.4) is 0 Å². The molecule has 0 saturated carbocycles. The van der Waals surface area contributed by atoms with E-state index in [1.807, 2.05) is 6.07 Å². The molecule has 0 heterocycles. The van der Waals surface area contributed by atoms with Crippen molar-refractivity contribution in [1.29, 1.82) is 5.26 Å². The summed E-state index contributed by atoms with van der Waals surface area (Å²) >= 11 is 0. The molecule has 0 spiro atoms. The fourth-order valence-electron chi connectivity index (χ4n) is 2.56. The third-order valence-electron chi connectivity index (χ3n) is 3.88. The van der Waals surface area contributed by atoms with Crippen LogP contribution in [0.5, 0.6) is 0 Å². The molecule has 2 N–H and O–H groups in total. The number of aliphatic carboxylic acids is 1. The maximum absolute atomic E-state index is 12.6. The van der Waals surface area contributed by atoms with Crippen molar-refractivity contribution in [3.05, 3.63) is 35.4 Å². The molecule has 9 heteroatoms. The number of nitrogens with zero attached hydrogens (tertiary/aromatic N) is 1. The fraction of sp³-hybridized carbons (Fsp3) is 0.526. The van der Waals surface area contributed by atoms with E-state index in [1.54, 1.807) is 38.1 Å². The first-order valence-electron chi connectivity index (χ1n) is 9.23. The van der Waals surface area contributed by atoms with Gasteiger partial charge in [0.2, 0.25) is 0 Å². The summed E-state index contributed by atoms with van der Waals surface area (Å²) in [6.45, 7) is 4.00. The molecule has 8 nitrogen and oxygen atoms in total. The number of carbonyl (C=O) groups excluding carboxylic acids is 1. The molecule has 1 aromatic carbocycles. The van der Waals surface area contributed by atoms with E-state index in [0.717, 1.165) is 0 Å². The van der Waals surface area contributed by atoms with Gasteiger partial charge in [-0.1, -0.05) is 12.1 Å². The summed E-state index contributed by atoms with van der Waals surface area (Å²) in [5.41, 5.74) is 0.989. The van der Waals surface area contributed by atoms with Gasteiger partial charge in [-0.05, 0) is 50.8 Å². The summed E-state index contributed by atoms with van der Waals surface area (Å²) in [4.78, 5) is 23.6. The van der Waals surface area contributed by atoms with Crippen LogP contribution in [0.2, 0.25) is 0 Å². The number of unbranched alkanes of at least 4 members (excludes halogenated alkanes) is 2. The van der Waals surface area contributed by atoms with Gasteiger partial charge < -0.3 is 19.5 Å². The Kier molecular flexibility index (Phi) is 10.5. The van der Waals surface area contributed by atoms with E-state index in [-0.39, 0.29) is 25.8 Å². The Bertz CT molecular complexity index is 719. The monoisotopic (exact) mass is 410 g/mol. The van der Waals surface area contributed by atoms with Gasteiger partial charge in [0.1, 0.15) is 6.04 Å². The average Bonchev–Trinajstić information content (AvgIpc) is 2.64. The van der Waals surface area contributed by atoms with Crippen LogP contribution in [0.4, 0.5) is 0 Å². The van der Waals surface area contributed by atoms with E-state index in [2.05, 4.69) is 5.32 Å². The SMILES string of the molecule is CCOP(=O)(Cc1ccc(C(=O)N[C@H](CCCCC#N)C(=O)O)cc1)OCC. The quantitative estimate of drug-likeness (QED) is 0.375. The molecule has 0 aromatic heterocycles. The van der Waals surface area contributed by atoms with Gasteiger partial charge >= 0.3 is 13.6 Å². The second-order valence-electron chi connectivity index (χ2n) is 6.07.